The zero-order chi connectivity index (χ0) is 10.6. The Labute approximate surface area is 89.7 Å². The Kier molecular flexibility index (Phi) is 3.85. The van der Waals surface area contributed by atoms with Gasteiger partial charge in [-0.15, -0.1) is 0 Å². The summed E-state index contributed by atoms with van der Waals surface area (Å²) in [5.74, 6) is 5.14. The van der Waals surface area contributed by atoms with Gasteiger partial charge < -0.3 is 10.7 Å². The SMILES string of the molecule is Cc1ccc(CNC(=S)NN)cc1C. The number of nitrogens with one attached hydrogen (secondary N) is 2. The second-order valence-corrected chi connectivity index (χ2v) is 3.65. The third-order valence-electron chi connectivity index (χ3n) is 2.16. The number of hydrogen-bond acceptors (Lipinski definition) is 2. The Morgan fingerprint density at radius 3 is 2.64 bits per heavy atom. The molecule has 3 nitrogen and oxygen atoms in total. The van der Waals surface area contributed by atoms with E-state index in [4.69, 9.17) is 18.1 Å². The molecular weight excluding hydrogens is 194 g/mol. The summed E-state index contributed by atoms with van der Waals surface area (Å²) in [6.07, 6.45) is 0. The van der Waals surface area contributed by atoms with E-state index in [0.29, 0.717) is 11.7 Å². The van der Waals surface area contributed by atoms with Crippen molar-refractivity contribution in [2.24, 2.45) is 5.84 Å². The van der Waals surface area contributed by atoms with Crippen LogP contribution in [0, 0.1) is 13.8 Å². The molecule has 0 unspecified atom stereocenters. The van der Waals surface area contributed by atoms with Gasteiger partial charge in [0.15, 0.2) is 5.11 Å². The number of rotatable bonds is 2. The first-order chi connectivity index (χ1) is 6.63. The summed E-state index contributed by atoms with van der Waals surface area (Å²) in [5.41, 5.74) is 6.17. The number of benzene rings is 1. The van der Waals surface area contributed by atoms with E-state index in [0.717, 1.165) is 0 Å². The predicted octanol–water partition coefficient (Wildman–Crippen LogP) is 1.14. The minimum atomic E-state index is 0.461. The number of hydrazine groups is 1. The lowest BCUT2D eigenvalue weighted by molar-refractivity contribution is 0.865. The number of thiocarbonyl (C=S) groups is 1. The molecule has 0 aliphatic carbocycles. The Morgan fingerprint density at radius 2 is 2.07 bits per heavy atom. The van der Waals surface area contributed by atoms with Crippen molar-refractivity contribution in [2.75, 3.05) is 0 Å². The maximum atomic E-state index is 5.14. The van der Waals surface area contributed by atoms with Crippen molar-refractivity contribution in [3.8, 4) is 0 Å². The van der Waals surface area contributed by atoms with Crippen molar-refractivity contribution in [3.63, 3.8) is 0 Å². The topological polar surface area (TPSA) is 50.1 Å². The van der Waals surface area contributed by atoms with Crippen molar-refractivity contribution in [3.05, 3.63) is 34.9 Å². The van der Waals surface area contributed by atoms with E-state index < -0.39 is 0 Å². The highest BCUT2D eigenvalue weighted by Gasteiger charge is 1.97. The van der Waals surface area contributed by atoms with Crippen LogP contribution in [0.3, 0.4) is 0 Å². The Bertz CT molecular complexity index is 336. The molecule has 1 rings (SSSR count). The molecule has 0 aliphatic heterocycles. The van der Waals surface area contributed by atoms with Crippen molar-refractivity contribution in [2.45, 2.75) is 20.4 Å². The fourth-order valence-electron chi connectivity index (χ4n) is 1.15. The van der Waals surface area contributed by atoms with Gasteiger partial charge in [-0.05, 0) is 42.8 Å². The molecule has 14 heavy (non-hydrogen) atoms. The van der Waals surface area contributed by atoms with Gasteiger partial charge in [0.1, 0.15) is 0 Å². The van der Waals surface area contributed by atoms with Crippen LogP contribution < -0.4 is 16.6 Å². The van der Waals surface area contributed by atoms with Crippen molar-refractivity contribution < 1.29 is 0 Å². The lowest BCUT2D eigenvalue weighted by Crippen LogP contribution is -2.39. The summed E-state index contributed by atoms with van der Waals surface area (Å²) in [4.78, 5) is 0. The predicted molar refractivity (Wildman–Crippen MR) is 62.7 cm³/mol. The molecule has 0 fully saturated rings. The van der Waals surface area contributed by atoms with Crippen molar-refractivity contribution in [1.82, 2.24) is 10.7 Å². The van der Waals surface area contributed by atoms with Crippen LogP contribution in [0.25, 0.3) is 0 Å². The number of hydrogen-bond donors (Lipinski definition) is 3. The van der Waals surface area contributed by atoms with Crippen LogP contribution in [0.5, 0.6) is 0 Å². The van der Waals surface area contributed by atoms with Gasteiger partial charge in [0.25, 0.3) is 0 Å². The van der Waals surface area contributed by atoms with Gasteiger partial charge in [0.2, 0.25) is 0 Å². The van der Waals surface area contributed by atoms with Gasteiger partial charge in [-0.3, -0.25) is 0 Å². The third-order valence-corrected chi connectivity index (χ3v) is 2.42. The van der Waals surface area contributed by atoms with E-state index in [1.807, 2.05) is 0 Å². The van der Waals surface area contributed by atoms with Gasteiger partial charge in [-0.25, -0.2) is 5.84 Å². The minimum Gasteiger partial charge on any atom is -0.358 e. The van der Waals surface area contributed by atoms with E-state index in [-0.39, 0.29) is 0 Å². The van der Waals surface area contributed by atoms with Crippen LogP contribution in [0.2, 0.25) is 0 Å². The summed E-state index contributed by atoms with van der Waals surface area (Å²) < 4.78 is 0. The van der Waals surface area contributed by atoms with E-state index in [9.17, 15) is 0 Å². The van der Waals surface area contributed by atoms with Crippen LogP contribution in [-0.4, -0.2) is 5.11 Å². The van der Waals surface area contributed by atoms with Gasteiger partial charge >= 0.3 is 0 Å². The van der Waals surface area contributed by atoms with E-state index in [2.05, 4.69) is 42.8 Å². The quantitative estimate of drug-likeness (QED) is 0.388. The molecule has 0 amide bonds. The molecule has 0 saturated heterocycles. The van der Waals surface area contributed by atoms with Gasteiger partial charge in [0, 0.05) is 6.54 Å². The zero-order valence-corrected chi connectivity index (χ0v) is 9.24. The van der Waals surface area contributed by atoms with E-state index in [1.54, 1.807) is 0 Å². The highest BCUT2D eigenvalue weighted by Crippen LogP contribution is 2.09. The Balaban J connectivity index is 2.60. The fraction of sp³-hybridized carbons (Fsp3) is 0.300. The standard InChI is InChI=1S/C10H15N3S/c1-7-3-4-9(5-8(7)2)6-12-10(14)13-11/h3-5H,6,11H2,1-2H3,(H2,12,13,14). The molecule has 1 aromatic carbocycles. The van der Waals surface area contributed by atoms with Crippen LogP contribution in [-0.2, 0) is 6.54 Å². The Hall–Kier alpha value is -1.13. The number of aryl methyl sites for hydroxylation is 2. The minimum absolute atomic E-state index is 0.461. The summed E-state index contributed by atoms with van der Waals surface area (Å²) in [5, 5.41) is 3.45. The summed E-state index contributed by atoms with van der Waals surface area (Å²) in [6.45, 7) is 4.89. The molecule has 0 bridgehead atoms. The van der Waals surface area contributed by atoms with Crippen molar-refractivity contribution >= 4 is 17.3 Å². The smallest absolute Gasteiger partial charge is 0.180 e. The number of nitrogens with two attached hydrogens (primary N) is 1. The second-order valence-electron chi connectivity index (χ2n) is 3.25. The molecule has 0 heterocycles. The second kappa shape index (κ2) is 4.93. The van der Waals surface area contributed by atoms with E-state index >= 15 is 0 Å². The molecule has 1 aromatic rings. The van der Waals surface area contributed by atoms with Gasteiger partial charge in [-0.2, -0.15) is 0 Å². The molecule has 0 aliphatic rings. The van der Waals surface area contributed by atoms with Gasteiger partial charge in [0.05, 0.1) is 0 Å². The lowest BCUT2D eigenvalue weighted by Gasteiger charge is -2.08. The molecule has 0 radical (unpaired) electrons. The largest absolute Gasteiger partial charge is 0.358 e. The first kappa shape index (κ1) is 10.9. The maximum Gasteiger partial charge on any atom is 0.180 e. The van der Waals surface area contributed by atoms with Crippen LogP contribution >= 0.6 is 12.2 Å². The van der Waals surface area contributed by atoms with Crippen LogP contribution in [0.4, 0.5) is 0 Å². The average Bonchev–Trinajstić information content (AvgIpc) is 2.19. The summed E-state index contributed by atoms with van der Waals surface area (Å²) in [7, 11) is 0. The maximum absolute atomic E-state index is 5.14. The highest BCUT2D eigenvalue weighted by atomic mass is 32.1. The van der Waals surface area contributed by atoms with Crippen LogP contribution in [0.15, 0.2) is 18.2 Å². The monoisotopic (exact) mass is 209 g/mol. The van der Waals surface area contributed by atoms with E-state index in [1.165, 1.54) is 16.7 Å². The summed E-state index contributed by atoms with van der Waals surface area (Å²) >= 11 is 4.87. The van der Waals surface area contributed by atoms with Gasteiger partial charge in [-0.1, -0.05) is 18.2 Å². The first-order valence-corrected chi connectivity index (χ1v) is 4.85. The molecule has 4 heteroatoms. The van der Waals surface area contributed by atoms with Crippen LogP contribution in [0.1, 0.15) is 16.7 Å². The Morgan fingerprint density at radius 1 is 1.36 bits per heavy atom. The highest BCUT2D eigenvalue weighted by molar-refractivity contribution is 7.80. The molecule has 0 spiro atoms. The fourth-order valence-corrected chi connectivity index (χ4v) is 1.22. The third kappa shape index (κ3) is 2.97. The molecule has 76 valence electrons. The average molecular weight is 209 g/mol. The normalized spacial score (nSPS) is 9.64. The molecule has 4 N–H and O–H groups in total. The molecule has 0 aromatic heterocycles. The summed E-state index contributed by atoms with van der Waals surface area (Å²) in [6, 6.07) is 6.32. The van der Waals surface area contributed by atoms with Crippen molar-refractivity contribution in [1.29, 1.82) is 0 Å². The lowest BCUT2D eigenvalue weighted by atomic mass is 10.1. The molecule has 0 saturated carbocycles. The zero-order valence-electron chi connectivity index (χ0n) is 8.42. The molecular formula is C10H15N3S. The first-order valence-electron chi connectivity index (χ1n) is 4.44. The molecule has 0 atom stereocenters.